The number of nitrogens with two attached hydrogens (primary N) is 1. The van der Waals surface area contributed by atoms with Crippen molar-refractivity contribution in [2.75, 3.05) is 11.5 Å². The second-order valence-electron chi connectivity index (χ2n) is 3.21. The van der Waals surface area contributed by atoms with E-state index in [0.29, 0.717) is 12.2 Å². The monoisotopic (exact) mass is 361 g/mol. The summed E-state index contributed by atoms with van der Waals surface area (Å²) in [5.41, 5.74) is 5.30. The van der Waals surface area contributed by atoms with Crippen LogP contribution in [0.5, 0.6) is 0 Å². The van der Waals surface area contributed by atoms with Gasteiger partial charge in [0.1, 0.15) is 6.04 Å². The Kier molecular flexibility index (Phi) is 13.2. The molecule has 6 nitrogen and oxygen atoms in total. The van der Waals surface area contributed by atoms with E-state index >= 15 is 0 Å². The SMILES string of the molecule is CC(=O)NC(CS)C(=O)O.NC(CCS)C(=O)[Se]. The number of carbonyl (C=O) groups is 3. The Morgan fingerprint density at radius 3 is 2.00 bits per heavy atom. The van der Waals surface area contributed by atoms with Crippen LogP contribution < -0.4 is 11.1 Å². The third-order valence-corrected chi connectivity index (χ3v) is 2.86. The number of hydrogen-bond acceptors (Lipinski definition) is 6. The molecule has 4 N–H and O–H groups in total. The molecule has 2 unspecified atom stereocenters. The van der Waals surface area contributed by atoms with Crippen LogP contribution in [0.25, 0.3) is 0 Å². The predicted molar refractivity (Wildman–Crippen MR) is 76.3 cm³/mol. The molecule has 0 heterocycles. The molecule has 0 spiro atoms. The van der Waals surface area contributed by atoms with Crippen molar-refractivity contribution in [1.82, 2.24) is 5.32 Å². The standard InChI is InChI=1S/C5H9NO3S.C4H8NOSSe/c1-3(7)6-4(2-10)5(8)9;5-3(1-2-7)4(6)8/h4,10H,2H2,1H3,(H,6,7)(H,8,9);3,7H,1-2,5H2. The Balaban J connectivity index is 0. The zero-order chi connectivity index (χ0) is 14.7. The first-order valence-electron chi connectivity index (χ1n) is 4.94. The van der Waals surface area contributed by atoms with Gasteiger partial charge in [-0.1, -0.05) is 0 Å². The van der Waals surface area contributed by atoms with E-state index in [2.05, 4.69) is 46.6 Å². The van der Waals surface area contributed by atoms with E-state index in [9.17, 15) is 14.4 Å². The van der Waals surface area contributed by atoms with Crippen molar-refractivity contribution < 1.29 is 19.5 Å². The summed E-state index contributed by atoms with van der Waals surface area (Å²) in [5, 5.41) is 10.6. The number of nitrogens with one attached hydrogen (secondary N) is 1. The fourth-order valence-electron chi connectivity index (χ4n) is 0.688. The summed E-state index contributed by atoms with van der Waals surface area (Å²) in [6, 6.07) is -1.23. The van der Waals surface area contributed by atoms with Gasteiger partial charge in [-0.3, -0.25) is 4.79 Å². The van der Waals surface area contributed by atoms with Gasteiger partial charge in [0, 0.05) is 12.7 Å². The Bertz CT molecular complexity index is 292. The van der Waals surface area contributed by atoms with E-state index in [1.165, 1.54) is 6.92 Å². The fraction of sp³-hybridized carbons (Fsp3) is 0.667. The summed E-state index contributed by atoms with van der Waals surface area (Å²) < 4.78 is -0.0842. The Morgan fingerprint density at radius 2 is 1.89 bits per heavy atom. The van der Waals surface area contributed by atoms with Crippen molar-refractivity contribution >= 4 is 57.8 Å². The third-order valence-electron chi connectivity index (χ3n) is 1.60. The number of carboxylic acids is 1. The molecule has 0 saturated carbocycles. The number of rotatable bonds is 6. The molecular weight excluding hydrogens is 343 g/mol. The molecule has 0 aromatic heterocycles. The normalized spacial score (nSPS) is 12.7. The maximum absolute atomic E-state index is 10.3. The molecule has 1 radical (unpaired) electrons. The molecule has 9 heteroatoms. The molecule has 0 aliphatic carbocycles. The average Bonchev–Trinajstić information content (AvgIpc) is 2.26. The van der Waals surface area contributed by atoms with Gasteiger partial charge in [0.05, 0.1) is 0 Å². The molecule has 0 aliphatic rings. The van der Waals surface area contributed by atoms with Crippen LogP contribution in [0.2, 0.25) is 0 Å². The third kappa shape index (κ3) is 12.3. The molecule has 105 valence electrons. The summed E-state index contributed by atoms with van der Waals surface area (Å²) in [5.74, 6) is -0.657. The topological polar surface area (TPSA) is 109 Å². The molecular formula is C9H17N2O4S2Se. The van der Waals surface area contributed by atoms with Gasteiger partial charge in [0.2, 0.25) is 5.91 Å². The zero-order valence-corrected chi connectivity index (χ0v) is 13.3. The second kappa shape index (κ2) is 11.9. The van der Waals surface area contributed by atoms with Crippen molar-refractivity contribution in [3.8, 4) is 0 Å². The number of thiol groups is 2. The first kappa shape index (κ1) is 20.1. The van der Waals surface area contributed by atoms with Crippen LogP contribution in [0.15, 0.2) is 0 Å². The van der Waals surface area contributed by atoms with Crippen LogP contribution >= 0.6 is 25.3 Å². The van der Waals surface area contributed by atoms with Crippen molar-refractivity contribution in [1.29, 1.82) is 0 Å². The molecule has 0 saturated heterocycles. The maximum atomic E-state index is 10.3. The number of aliphatic carboxylic acids is 1. The van der Waals surface area contributed by atoms with Crippen LogP contribution in [0.4, 0.5) is 0 Å². The van der Waals surface area contributed by atoms with Crippen molar-refractivity contribution in [3.05, 3.63) is 0 Å². The molecule has 0 fully saturated rings. The predicted octanol–water partition coefficient (Wildman–Crippen LogP) is -1.17. The molecule has 0 rings (SSSR count). The van der Waals surface area contributed by atoms with Crippen molar-refractivity contribution in [2.45, 2.75) is 25.4 Å². The number of carboxylic acid groups (broad SMARTS) is 1. The number of amides is 1. The minimum absolute atomic E-state index is 0.0842. The van der Waals surface area contributed by atoms with Gasteiger partial charge < -0.3 is 10.4 Å². The molecule has 0 aliphatic heterocycles. The zero-order valence-electron chi connectivity index (χ0n) is 9.83. The van der Waals surface area contributed by atoms with E-state index in [0.717, 1.165) is 0 Å². The van der Waals surface area contributed by atoms with Crippen molar-refractivity contribution in [3.63, 3.8) is 0 Å². The van der Waals surface area contributed by atoms with E-state index < -0.39 is 12.0 Å². The van der Waals surface area contributed by atoms with Crippen LogP contribution in [-0.2, 0) is 14.4 Å². The quantitative estimate of drug-likeness (QED) is 0.303. The first-order valence-corrected chi connectivity index (χ1v) is 7.06. The summed E-state index contributed by atoms with van der Waals surface area (Å²) in [4.78, 5) is 30.8. The van der Waals surface area contributed by atoms with Gasteiger partial charge in [-0.05, 0) is 0 Å². The summed E-state index contributed by atoms with van der Waals surface area (Å²) in [6.45, 7) is 1.26. The molecule has 0 bridgehead atoms. The van der Waals surface area contributed by atoms with Crippen LogP contribution in [-0.4, -0.2) is 61.3 Å². The van der Waals surface area contributed by atoms with E-state index in [1.807, 2.05) is 0 Å². The number of hydrogen-bond donors (Lipinski definition) is 5. The van der Waals surface area contributed by atoms with Gasteiger partial charge in [-0.25, -0.2) is 4.79 Å². The van der Waals surface area contributed by atoms with Crippen LogP contribution in [0.3, 0.4) is 0 Å². The molecule has 2 atom stereocenters. The van der Waals surface area contributed by atoms with Gasteiger partial charge in [-0.2, -0.15) is 12.6 Å². The molecule has 18 heavy (non-hydrogen) atoms. The van der Waals surface area contributed by atoms with Gasteiger partial charge in [-0.15, -0.1) is 0 Å². The Hall–Kier alpha value is -0.211. The second-order valence-corrected chi connectivity index (χ2v) is 4.87. The van der Waals surface area contributed by atoms with Crippen LogP contribution in [0, 0.1) is 0 Å². The Labute approximate surface area is 125 Å². The minimum atomic E-state index is -1.06. The van der Waals surface area contributed by atoms with E-state index in [4.69, 9.17) is 10.8 Å². The Morgan fingerprint density at radius 1 is 1.39 bits per heavy atom. The van der Waals surface area contributed by atoms with Gasteiger partial charge >= 0.3 is 68.0 Å². The van der Waals surface area contributed by atoms with Crippen LogP contribution in [0.1, 0.15) is 13.3 Å². The van der Waals surface area contributed by atoms with E-state index in [1.54, 1.807) is 0 Å². The molecule has 0 aromatic rings. The average molecular weight is 360 g/mol. The molecule has 1 amide bonds. The van der Waals surface area contributed by atoms with Gasteiger partial charge in [0.15, 0.2) is 0 Å². The molecule has 0 aromatic carbocycles. The van der Waals surface area contributed by atoms with Crippen molar-refractivity contribution in [2.24, 2.45) is 5.73 Å². The van der Waals surface area contributed by atoms with E-state index in [-0.39, 0.29) is 22.4 Å². The summed E-state index contributed by atoms with van der Waals surface area (Å²) in [6.07, 6.45) is 0.648. The number of carbonyl (C=O) groups excluding carboxylic acids is 2. The van der Waals surface area contributed by atoms with Gasteiger partial charge in [0.25, 0.3) is 0 Å². The summed E-state index contributed by atoms with van der Waals surface area (Å²) in [7, 11) is 0. The first-order chi connectivity index (χ1) is 8.26. The fourth-order valence-corrected chi connectivity index (χ4v) is 1.46. The summed E-state index contributed by atoms with van der Waals surface area (Å²) >= 11 is 9.97.